The van der Waals surface area contributed by atoms with Crippen molar-refractivity contribution in [3.8, 4) is 11.5 Å². The molecule has 8 heteroatoms. The van der Waals surface area contributed by atoms with E-state index in [2.05, 4.69) is 10.6 Å². The van der Waals surface area contributed by atoms with Crippen LogP contribution in [0.25, 0.3) is 0 Å². The van der Waals surface area contributed by atoms with E-state index in [1.807, 2.05) is 24.3 Å². The van der Waals surface area contributed by atoms with Crippen molar-refractivity contribution in [3.63, 3.8) is 0 Å². The predicted octanol–water partition coefficient (Wildman–Crippen LogP) is 2.58. The average Bonchev–Trinajstić information content (AvgIpc) is 3.06. The lowest BCUT2D eigenvalue weighted by molar-refractivity contribution is -0.117. The Labute approximate surface area is 167 Å². The summed E-state index contributed by atoms with van der Waals surface area (Å²) in [5.74, 6) is 1.34. The Balaban J connectivity index is 1.25. The van der Waals surface area contributed by atoms with Gasteiger partial charge in [-0.3, -0.25) is 4.79 Å². The minimum atomic E-state index is -0.335. The summed E-state index contributed by atoms with van der Waals surface area (Å²) in [5.41, 5.74) is 0.769. The van der Waals surface area contributed by atoms with Crippen LogP contribution in [0.15, 0.2) is 48.5 Å². The van der Waals surface area contributed by atoms with Gasteiger partial charge in [0, 0.05) is 23.7 Å². The van der Waals surface area contributed by atoms with Crippen LogP contribution < -0.4 is 25.0 Å². The molecule has 3 amide bonds. The first-order chi connectivity index (χ1) is 13.6. The van der Waals surface area contributed by atoms with E-state index in [1.165, 1.54) is 0 Å². The molecule has 0 bridgehead atoms. The molecule has 2 aliphatic heterocycles. The van der Waals surface area contributed by atoms with Crippen LogP contribution in [0.2, 0.25) is 5.02 Å². The first-order valence-corrected chi connectivity index (χ1v) is 9.45. The molecule has 0 saturated carbocycles. The van der Waals surface area contributed by atoms with Crippen molar-refractivity contribution in [2.45, 2.75) is 18.6 Å². The summed E-state index contributed by atoms with van der Waals surface area (Å²) in [6.07, 6.45) is -0.0108. The van der Waals surface area contributed by atoms with Crippen LogP contribution in [0, 0.1) is 0 Å². The quantitative estimate of drug-likeness (QED) is 0.825. The van der Waals surface area contributed by atoms with Gasteiger partial charge in [-0.05, 0) is 36.4 Å². The zero-order valence-corrected chi connectivity index (χ0v) is 15.8. The Kier molecular flexibility index (Phi) is 5.25. The number of carbonyl (C=O) groups is 2. The van der Waals surface area contributed by atoms with Gasteiger partial charge < -0.3 is 25.0 Å². The molecule has 2 atom stereocenters. The van der Waals surface area contributed by atoms with Crippen LogP contribution in [-0.2, 0) is 4.79 Å². The van der Waals surface area contributed by atoms with E-state index < -0.39 is 0 Å². The van der Waals surface area contributed by atoms with Crippen LogP contribution in [-0.4, -0.2) is 43.8 Å². The third-order valence-corrected chi connectivity index (χ3v) is 4.91. The summed E-state index contributed by atoms with van der Waals surface area (Å²) in [5, 5.41) is 6.24. The number of carbonyl (C=O) groups excluding carboxylic acids is 2. The number of benzene rings is 2. The molecule has 28 heavy (non-hydrogen) atoms. The van der Waals surface area contributed by atoms with E-state index in [-0.39, 0.29) is 30.5 Å². The zero-order valence-electron chi connectivity index (χ0n) is 15.1. The highest BCUT2D eigenvalue weighted by atomic mass is 35.5. The van der Waals surface area contributed by atoms with Crippen LogP contribution in [0.4, 0.5) is 10.5 Å². The van der Waals surface area contributed by atoms with Crippen LogP contribution in [0.1, 0.15) is 6.42 Å². The lowest BCUT2D eigenvalue weighted by Gasteiger charge is -2.26. The maximum Gasteiger partial charge on any atom is 0.315 e. The Morgan fingerprint density at radius 3 is 2.68 bits per heavy atom. The summed E-state index contributed by atoms with van der Waals surface area (Å²) in [4.78, 5) is 26.1. The molecule has 146 valence electrons. The smallest absolute Gasteiger partial charge is 0.315 e. The van der Waals surface area contributed by atoms with Gasteiger partial charge in [-0.25, -0.2) is 4.79 Å². The normalized spacial score (nSPS) is 20.8. The monoisotopic (exact) mass is 401 g/mol. The SMILES string of the molecule is O=C(NC[C@H]1COc2ccccc2O1)N[C@@H]1CC(=O)N(c2ccc(Cl)cc2)C1. The molecule has 0 aliphatic carbocycles. The Morgan fingerprint density at radius 2 is 1.89 bits per heavy atom. The molecule has 2 aliphatic rings. The molecular weight excluding hydrogens is 382 g/mol. The van der Waals surface area contributed by atoms with Gasteiger partial charge in [0.15, 0.2) is 17.6 Å². The highest BCUT2D eigenvalue weighted by Crippen LogP contribution is 2.30. The topological polar surface area (TPSA) is 79.9 Å². The van der Waals surface area contributed by atoms with Crippen LogP contribution in [0.3, 0.4) is 0 Å². The van der Waals surface area contributed by atoms with Crippen LogP contribution >= 0.6 is 11.6 Å². The maximum absolute atomic E-state index is 12.3. The molecule has 0 radical (unpaired) electrons. The van der Waals surface area contributed by atoms with E-state index in [0.717, 1.165) is 5.69 Å². The molecule has 0 spiro atoms. The summed E-state index contributed by atoms with van der Waals surface area (Å²) < 4.78 is 11.4. The van der Waals surface area contributed by atoms with Crippen molar-refractivity contribution in [2.24, 2.45) is 0 Å². The van der Waals surface area contributed by atoms with Crippen molar-refractivity contribution >= 4 is 29.2 Å². The molecule has 0 unspecified atom stereocenters. The number of ether oxygens (including phenoxy) is 2. The number of para-hydroxylation sites is 2. The van der Waals surface area contributed by atoms with Crippen molar-refractivity contribution in [3.05, 3.63) is 53.6 Å². The third-order valence-electron chi connectivity index (χ3n) is 4.66. The number of anilines is 1. The van der Waals surface area contributed by atoms with Crippen molar-refractivity contribution in [2.75, 3.05) is 24.6 Å². The number of urea groups is 1. The van der Waals surface area contributed by atoms with E-state index in [0.29, 0.717) is 36.2 Å². The Bertz CT molecular complexity index is 874. The maximum atomic E-state index is 12.3. The molecule has 1 saturated heterocycles. The number of nitrogens with zero attached hydrogens (tertiary/aromatic N) is 1. The second-order valence-corrected chi connectivity index (χ2v) is 7.17. The minimum absolute atomic E-state index is 0.0340. The van der Waals surface area contributed by atoms with E-state index >= 15 is 0 Å². The number of fused-ring (bicyclic) bond motifs is 1. The number of halogens is 1. The molecule has 7 nitrogen and oxygen atoms in total. The number of hydrogen-bond donors (Lipinski definition) is 2. The van der Waals surface area contributed by atoms with E-state index in [1.54, 1.807) is 29.2 Å². The first-order valence-electron chi connectivity index (χ1n) is 9.07. The number of rotatable bonds is 4. The Morgan fingerprint density at radius 1 is 1.14 bits per heavy atom. The predicted molar refractivity (Wildman–Crippen MR) is 105 cm³/mol. The van der Waals surface area contributed by atoms with Gasteiger partial charge in [0.1, 0.15) is 6.61 Å². The fourth-order valence-corrected chi connectivity index (χ4v) is 3.41. The van der Waals surface area contributed by atoms with Gasteiger partial charge in [0.05, 0.1) is 12.6 Å². The number of amides is 3. The summed E-state index contributed by atoms with van der Waals surface area (Å²) in [6, 6.07) is 13.9. The number of nitrogens with one attached hydrogen (secondary N) is 2. The first kappa shape index (κ1) is 18.4. The van der Waals surface area contributed by atoms with Crippen molar-refractivity contribution < 1.29 is 19.1 Å². The fraction of sp³-hybridized carbons (Fsp3) is 0.300. The standard InChI is InChI=1S/C20H20ClN3O4/c21-13-5-7-15(8-6-13)24-11-14(9-19(24)25)23-20(26)22-10-16-12-27-17-3-1-2-4-18(17)28-16/h1-8,14,16H,9-12H2,(H2,22,23,26)/t14-,16+/m1/s1. The van der Waals surface area contributed by atoms with Gasteiger partial charge in [0.2, 0.25) is 5.91 Å². The summed E-state index contributed by atoms with van der Waals surface area (Å²) in [7, 11) is 0. The largest absolute Gasteiger partial charge is 0.486 e. The molecular formula is C20H20ClN3O4. The fourth-order valence-electron chi connectivity index (χ4n) is 3.28. The minimum Gasteiger partial charge on any atom is -0.486 e. The molecule has 2 aromatic carbocycles. The third kappa shape index (κ3) is 4.14. The molecule has 2 heterocycles. The second kappa shape index (κ2) is 7.98. The summed E-state index contributed by atoms with van der Waals surface area (Å²) in [6.45, 7) is 1.09. The van der Waals surface area contributed by atoms with Gasteiger partial charge in [-0.1, -0.05) is 23.7 Å². The Hall–Kier alpha value is -2.93. The lowest BCUT2D eigenvalue weighted by atomic mass is 10.2. The van der Waals surface area contributed by atoms with Gasteiger partial charge >= 0.3 is 6.03 Å². The van der Waals surface area contributed by atoms with Gasteiger partial charge in [0.25, 0.3) is 0 Å². The lowest BCUT2D eigenvalue weighted by Crippen LogP contribution is -2.47. The summed E-state index contributed by atoms with van der Waals surface area (Å²) >= 11 is 5.89. The molecule has 2 N–H and O–H groups in total. The van der Waals surface area contributed by atoms with Crippen molar-refractivity contribution in [1.82, 2.24) is 10.6 Å². The molecule has 1 fully saturated rings. The van der Waals surface area contributed by atoms with Crippen LogP contribution in [0.5, 0.6) is 11.5 Å². The molecule has 0 aromatic heterocycles. The van der Waals surface area contributed by atoms with Gasteiger partial charge in [-0.15, -0.1) is 0 Å². The second-order valence-electron chi connectivity index (χ2n) is 6.73. The van der Waals surface area contributed by atoms with Crippen molar-refractivity contribution in [1.29, 1.82) is 0 Å². The average molecular weight is 402 g/mol. The molecule has 2 aromatic rings. The molecule has 4 rings (SSSR count). The van der Waals surface area contributed by atoms with E-state index in [4.69, 9.17) is 21.1 Å². The zero-order chi connectivity index (χ0) is 19.5. The number of hydrogen-bond acceptors (Lipinski definition) is 4. The highest BCUT2D eigenvalue weighted by Gasteiger charge is 2.31. The highest BCUT2D eigenvalue weighted by molar-refractivity contribution is 6.30. The van der Waals surface area contributed by atoms with E-state index in [9.17, 15) is 9.59 Å². The van der Waals surface area contributed by atoms with Gasteiger partial charge in [-0.2, -0.15) is 0 Å².